The Morgan fingerprint density at radius 2 is 1.87 bits per heavy atom. The van der Waals surface area contributed by atoms with Crippen LogP contribution in [0.2, 0.25) is 5.02 Å². The predicted molar refractivity (Wildman–Crippen MR) is 85.9 cm³/mol. The number of esters is 1. The van der Waals surface area contributed by atoms with Crippen LogP contribution in [0.25, 0.3) is 0 Å². The van der Waals surface area contributed by atoms with E-state index in [0.29, 0.717) is 5.69 Å². The molecule has 0 spiro atoms. The van der Waals surface area contributed by atoms with Crippen LogP contribution in [-0.4, -0.2) is 18.5 Å². The number of ether oxygens (including phenoxy) is 1. The van der Waals surface area contributed by atoms with Crippen LogP contribution < -0.4 is 5.32 Å². The summed E-state index contributed by atoms with van der Waals surface area (Å²) >= 11 is 5.61. The third kappa shape index (κ3) is 5.38. The molecule has 0 unspecified atom stereocenters. The van der Waals surface area contributed by atoms with Crippen molar-refractivity contribution < 1.29 is 18.7 Å². The summed E-state index contributed by atoms with van der Waals surface area (Å²) < 4.78 is 17.9. The van der Waals surface area contributed by atoms with E-state index < -0.39 is 24.3 Å². The van der Waals surface area contributed by atoms with E-state index in [-0.39, 0.29) is 11.4 Å². The van der Waals surface area contributed by atoms with Crippen LogP contribution in [0.1, 0.15) is 11.1 Å². The fourth-order valence-electron chi connectivity index (χ4n) is 1.84. The van der Waals surface area contributed by atoms with Crippen LogP contribution >= 0.6 is 11.6 Å². The summed E-state index contributed by atoms with van der Waals surface area (Å²) in [5.74, 6) is -1.60. The number of hydrogen-bond acceptors (Lipinski definition) is 3. The van der Waals surface area contributed by atoms with Gasteiger partial charge in [-0.2, -0.15) is 0 Å². The van der Waals surface area contributed by atoms with Gasteiger partial charge in [0.05, 0.1) is 11.4 Å². The molecule has 120 valence electrons. The Kier molecular flexibility index (Phi) is 5.71. The van der Waals surface area contributed by atoms with E-state index in [1.807, 2.05) is 31.2 Å². The van der Waals surface area contributed by atoms with Gasteiger partial charge in [0, 0.05) is 5.69 Å². The Bertz CT molecular complexity index is 716. The van der Waals surface area contributed by atoms with Crippen LogP contribution in [0.3, 0.4) is 0 Å². The van der Waals surface area contributed by atoms with Crippen LogP contribution in [-0.2, 0) is 20.7 Å². The fourth-order valence-corrected chi connectivity index (χ4v) is 2.02. The van der Waals surface area contributed by atoms with E-state index in [2.05, 4.69) is 5.32 Å². The molecule has 0 heterocycles. The maximum atomic E-state index is 13.0. The summed E-state index contributed by atoms with van der Waals surface area (Å²) in [5.41, 5.74) is 2.24. The minimum absolute atomic E-state index is 0.0932. The van der Waals surface area contributed by atoms with Gasteiger partial charge in [0.25, 0.3) is 5.91 Å². The molecule has 0 aliphatic carbocycles. The molecule has 0 atom stereocenters. The molecule has 0 saturated heterocycles. The Balaban J connectivity index is 1.80. The zero-order valence-electron chi connectivity index (χ0n) is 12.4. The molecular formula is C17H15ClFNO3. The van der Waals surface area contributed by atoms with Crippen LogP contribution in [0, 0.1) is 12.7 Å². The molecule has 6 heteroatoms. The topological polar surface area (TPSA) is 55.4 Å². The van der Waals surface area contributed by atoms with Crippen molar-refractivity contribution >= 4 is 29.2 Å². The van der Waals surface area contributed by atoms with Gasteiger partial charge in [-0.15, -0.1) is 0 Å². The average Bonchev–Trinajstić information content (AvgIpc) is 2.51. The van der Waals surface area contributed by atoms with Gasteiger partial charge in [-0.3, -0.25) is 9.59 Å². The fraction of sp³-hybridized carbons (Fsp3) is 0.176. The van der Waals surface area contributed by atoms with Gasteiger partial charge in [0.15, 0.2) is 6.61 Å². The van der Waals surface area contributed by atoms with E-state index in [1.165, 1.54) is 12.1 Å². The standard InChI is InChI=1S/C17H15ClFNO3/c1-11-2-4-12(5-3-11)8-17(22)23-10-16(21)20-13-6-7-15(19)14(18)9-13/h2-7,9H,8,10H2,1H3,(H,20,21). The highest BCUT2D eigenvalue weighted by molar-refractivity contribution is 6.31. The minimum Gasteiger partial charge on any atom is -0.455 e. The molecule has 0 aromatic heterocycles. The molecule has 4 nitrogen and oxygen atoms in total. The molecule has 2 aromatic carbocycles. The summed E-state index contributed by atoms with van der Waals surface area (Å²) in [4.78, 5) is 23.4. The third-order valence-electron chi connectivity index (χ3n) is 3.04. The zero-order valence-corrected chi connectivity index (χ0v) is 13.2. The van der Waals surface area contributed by atoms with Crippen molar-refractivity contribution in [2.75, 3.05) is 11.9 Å². The van der Waals surface area contributed by atoms with Crippen molar-refractivity contribution in [3.05, 3.63) is 64.4 Å². The number of rotatable bonds is 5. The number of hydrogen-bond donors (Lipinski definition) is 1. The number of anilines is 1. The van der Waals surface area contributed by atoms with Crippen LogP contribution in [0.15, 0.2) is 42.5 Å². The number of aryl methyl sites for hydroxylation is 1. The zero-order chi connectivity index (χ0) is 16.8. The summed E-state index contributed by atoms with van der Waals surface area (Å²) in [7, 11) is 0. The van der Waals surface area contributed by atoms with E-state index in [0.717, 1.165) is 17.2 Å². The van der Waals surface area contributed by atoms with Crippen molar-refractivity contribution in [2.45, 2.75) is 13.3 Å². The first-order valence-electron chi connectivity index (χ1n) is 6.90. The second kappa shape index (κ2) is 7.74. The molecule has 1 amide bonds. The molecule has 0 radical (unpaired) electrons. The lowest BCUT2D eigenvalue weighted by atomic mass is 10.1. The van der Waals surface area contributed by atoms with Gasteiger partial charge in [0.1, 0.15) is 5.82 Å². The number of halogens is 2. The first-order valence-corrected chi connectivity index (χ1v) is 7.28. The first-order chi connectivity index (χ1) is 10.9. The van der Waals surface area contributed by atoms with E-state index in [4.69, 9.17) is 16.3 Å². The van der Waals surface area contributed by atoms with Gasteiger partial charge >= 0.3 is 5.97 Å². The number of amides is 1. The molecule has 0 aliphatic rings. The van der Waals surface area contributed by atoms with E-state index in [1.54, 1.807) is 0 Å². The molecule has 0 aliphatic heterocycles. The molecule has 0 bridgehead atoms. The molecule has 1 N–H and O–H groups in total. The van der Waals surface area contributed by atoms with Gasteiger partial charge in [-0.05, 0) is 30.7 Å². The van der Waals surface area contributed by atoms with Gasteiger partial charge in [0.2, 0.25) is 0 Å². The Hall–Kier alpha value is -2.40. The quantitative estimate of drug-likeness (QED) is 0.851. The van der Waals surface area contributed by atoms with Crippen molar-refractivity contribution in [1.82, 2.24) is 0 Å². The van der Waals surface area contributed by atoms with Crippen molar-refractivity contribution in [3.8, 4) is 0 Å². The Morgan fingerprint density at radius 1 is 1.17 bits per heavy atom. The second-order valence-corrected chi connectivity index (χ2v) is 5.41. The summed E-state index contributed by atoms with van der Waals surface area (Å²) in [6.07, 6.45) is 0.0932. The van der Waals surface area contributed by atoms with Gasteiger partial charge in [-0.25, -0.2) is 4.39 Å². The summed E-state index contributed by atoms with van der Waals surface area (Å²) in [6.45, 7) is 1.54. The number of carbonyl (C=O) groups excluding carboxylic acids is 2. The lowest BCUT2D eigenvalue weighted by Gasteiger charge is -2.07. The smallest absolute Gasteiger partial charge is 0.310 e. The molecule has 23 heavy (non-hydrogen) atoms. The normalized spacial score (nSPS) is 10.2. The number of carbonyl (C=O) groups is 2. The monoisotopic (exact) mass is 335 g/mol. The number of nitrogens with one attached hydrogen (secondary N) is 1. The van der Waals surface area contributed by atoms with Crippen molar-refractivity contribution in [3.63, 3.8) is 0 Å². The molecule has 2 rings (SSSR count). The SMILES string of the molecule is Cc1ccc(CC(=O)OCC(=O)Nc2ccc(F)c(Cl)c2)cc1. The Labute approximate surface area is 138 Å². The first kappa shape index (κ1) is 17.0. The maximum Gasteiger partial charge on any atom is 0.310 e. The van der Waals surface area contributed by atoms with Crippen molar-refractivity contribution in [1.29, 1.82) is 0 Å². The third-order valence-corrected chi connectivity index (χ3v) is 3.33. The molecule has 0 fully saturated rings. The summed E-state index contributed by atoms with van der Waals surface area (Å²) in [6, 6.07) is 11.2. The Morgan fingerprint density at radius 3 is 2.52 bits per heavy atom. The largest absolute Gasteiger partial charge is 0.455 e. The maximum absolute atomic E-state index is 13.0. The lowest BCUT2D eigenvalue weighted by molar-refractivity contribution is -0.146. The number of benzene rings is 2. The molecule has 2 aromatic rings. The van der Waals surface area contributed by atoms with E-state index >= 15 is 0 Å². The van der Waals surface area contributed by atoms with Gasteiger partial charge in [-0.1, -0.05) is 41.4 Å². The predicted octanol–water partition coefficient (Wildman–Crippen LogP) is 3.51. The van der Waals surface area contributed by atoms with E-state index in [9.17, 15) is 14.0 Å². The van der Waals surface area contributed by atoms with Crippen molar-refractivity contribution in [2.24, 2.45) is 0 Å². The average molecular weight is 336 g/mol. The van der Waals surface area contributed by atoms with Crippen LogP contribution in [0.5, 0.6) is 0 Å². The van der Waals surface area contributed by atoms with Crippen LogP contribution in [0.4, 0.5) is 10.1 Å². The second-order valence-electron chi connectivity index (χ2n) is 5.00. The minimum atomic E-state index is -0.575. The molecular weight excluding hydrogens is 321 g/mol. The van der Waals surface area contributed by atoms with Gasteiger partial charge < -0.3 is 10.1 Å². The molecule has 0 saturated carbocycles. The highest BCUT2D eigenvalue weighted by Gasteiger charge is 2.10. The lowest BCUT2D eigenvalue weighted by Crippen LogP contribution is -2.21. The summed E-state index contributed by atoms with van der Waals surface area (Å²) in [5, 5.41) is 2.37. The highest BCUT2D eigenvalue weighted by Crippen LogP contribution is 2.19. The highest BCUT2D eigenvalue weighted by atomic mass is 35.5.